The molecule has 0 spiro atoms. The van der Waals surface area contributed by atoms with E-state index >= 15 is 0 Å². The molecule has 0 aromatic carbocycles. The van der Waals surface area contributed by atoms with Gasteiger partial charge in [-0.3, -0.25) is 0 Å². The maximum atomic E-state index is 2.43. The quantitative estimate of drug-likeness (QED) is 0.509. The predicted molar refractivity (Wildman–Crippen MR) is 31.9 cm³/mol. The van der Waals surface area contributed by atoms with Crippen LogP contribution in [0.2, 0.25) is 0 Å². The van der Waals surface area contributed by atoms with Crippen LogP contribution < -0.4 is 0 Å². The van der Waals surface area contributed by atoms with Gasteiger partial charge in [0, 0.05) is 0 Å². The molecule has 1 saturated carbocycles. The van der Waals surface area contributed by atoms with Crippen LogP contribution in [0.15, 0.2) is 0 Å². The van der Waals surface area contributed by atoms with Crippen molar-refractivity contribution in [2.75, 3.05) is 0 Å². The van der Waals surface area contributed by atoms with Crippen molar-refractivity contribution in [3.05, 3.63) is 6.42 Å². The third-order valence-electron chi connectivity index (χ3n) is 1.68. The second-order valence-electron chi connectivity index (χ2n) is 2.50. The van der Waals surface area contributed by atoms with Crippen LogP contribution in [-0.2, 0) is 32.7 Å². The van der Waals surface area contributed by atoms with Crippen LogP contribution in [0.3, 0.4) is 0 Å². The molecule has 8 heavy (non-hydrogen) atoms. The molecular weight excluding hydrogens is 173 g/mol. The molecule has 1 atom stereocenters. The van der Waals surface area contributed by atoms with Gasteiger partial charge in [-0.2, -0.15) is 12.3 Å². The van der Waals surface area contributed by atoms with Gasteiger partial charge in [0.25, 0.3) is 0 Å². The SMILES string of the molecule is CC1[CH-]CCCC1.[Y+3]. The first-order valence-corrected chi connectivity index (χ1v) is 3.23. The van der Waals surface area contributed by atoms with Gasteiger partial charge in [0.15, 0.2) is 0 Å². The van der Waals surface area contributed by atoms with E-state index in [1.807, 2.05) is 0 Å². The fourth-order valence-corrected chi connectivity index (χ4v) is 1.13. The number of rotatable bonds is 0. The second-order valence-corrected chi connectivity index (χ2v) is 2.50. The molecule has 0 nitrogen and oxygen atoms in total. The first-order valence-electron chi connectivity index (χ1n) is 3.23. The van der Waals surface area contributed by atoms with Gasteiger partial charge in [-0.15, -0.1) is 0 Å². The average Bonchev–Trinajstić information content (AvgIpc) is 1.69. The molecule has 0 aromatic rings. The van der Waals surface area contributed by atoms with Crippen LogP contribution in [-0.4, -0.2) is 0 Å². The molecule has 0 radical (unpaired) electrons. The van der Waals surface area contributed by atoms with E-state index in [2.05, 4.69) is 13.3 Å². The van der Waals surface area contributed by atoms with Gasteiger partial charge >= 0.3 is 32.7 Å². The zero-order valence-electron chi connectivity index (χ0n) is 5.56. The molecule has 1 aliphatic rings. The van der Waals surface area contributed by atoms with E-state index in [0.29, 0.717) is 0 Å². The van der Waals surface area contributed by atoms with Crippen molar-refractivity contribution in [2.45, 2.75) is 32.6 Å². The van der Waals surface area contributed by atoms with E-state index in [0.717, 1.165) is 5.92 Å². The Labute approximate surface area is 77.3 Å². The van der Waals surface area contributed by atoms with E-state index < -0.39 is 0 Å². The van der Waals surface area contributed by atoms with Crippen molar-refractivity contribution >= 4 is 0 Å². The van der Waals surface area contributed by atoms with Crippen LogP contribution in [0.25, 0.3) is 0 Å². The first-order chi connectivity index (χ1) is 3.39. The molecule has 0 saturated heterocycles. The largest absolute Gasteiger partial charge is 3.00 e. The average molecular weight is 186 g/mol. The molecule has 0 N–H and O–H groups in total. The van der Waals surface area contributed by atoms with Crippen LogP contribution in [0.1, 0.15) is 32.6 Å². The van der Waals surface area contributed by atoms with Crippen molar-refractivity contribution in [1.82, 2.24) is 0 Å². The Bertz CT molecular complexity index is 46.3. The molecule has 1 fully saturated rings. The molecule has 1 heteroatoms. The van der Waals surface area contributed by atoms with Crippen molar-refractivity contribution in [3.8, 4) is 0 Å². The van der Waals surface area contributed by atoms with Gasteiger partial charge in [-0.25, -0.2) is 0 Å². The van der Waals surface area contributed by atoms with Crippen molar-refractivity contribution in [3.63, 3.8) is 0 Å². The zero-order chi connectivity index (χ0) is 5.11. The molecule has 1 aliphatic carbocycles. The summed E-state index contributed by atoms with van der Waals surface area (Å²) in [6, 6.07) is 0. The Morgan fingerprint density at radius 2 is 2.12 bits per heavy atom. The van der Waals surface area contributed by atoms with Gasteiger partial charge in [0.1, 0.15) is 0 Å². The summed E-state index contributed by atoms with van der Waals surface area (Å²) in [6.07, 6.45) is 8.12. The minimum atomic E-state index is 0. The van der Waals surface area contributed by atoms with E-state index in [-0.39, 0.29) is 32.7 Å². The molecule has 0 amide bonds. The van der Waals surface area contributed by atoms with E-state index in [1.165, 1.54) is 25.7 Å². The van der Waals surface area contributed by atoms with Gasteiger partial charge in [-0.05, 0) is 0 Å². The van der Waals surface area contributed by atoms with E-state index in [9.17, 15) is 0 Å². The summed E-state index contributed by atoms with van der Waals surface area (Å²) >= 11 is 0. The maximum absolute atomic E-state index is 2.43. The predicted octanol–water partition coefficient (Wildman–Crippen LogP) is 2.40. The molecule has 1 unspecified atom stereocenters. The molecule has 0 heterocycles. The normalized spacial score (nSPS) is 28.9. The summed E-state index contributed by atoms with van der Waals surface area (Å²) in [5, 5.41) is 0. The van der Waals surface area contributed by atoms with Gasteiger partial charge in [0.2, 0.25) is 0 Å². The Kier molecular flexibility index (Phi) is 5.62. The Morgan fingerprint density at radius 1 is 1.38 bits per heavy atom. The van der Waals surface area contributed by atoms with Crippen molar-refractivity contribution in [2.24, 2.45) is 5.92 Å². The first kappa shape index (κ1) is 9.10. The van der Waals surface area contributed by atoms with Crippen LogP contribution in [0.5, 0.6) is 0 Å². The molecule has 42 valence electrons. The standard InChI is InChI=1S/C7H13.Y/c1-7-5-3-2-4-6-7;/h5,7H,2-4,6H2,1H3;/q-1;+3. The van der Waals surface area contributed by atoms with E-state index in [1.54, 1.807) is 0 Å². The Balaban J connectivity index is 0.000000490. The molecule has 0 aliphatic heterocycles. The smallest absolute Gasteiger partial charge is 0.326 e. The minimum Gasteiger partial charge on any atom is -0.326 e. The van der Waals surface area contributed by atoms with Gasteiger partial charge in [0.05, 0.1) is 0 Å². The summed E-state index contributed by atoms with van der Waals surface area (Å²) in [4.78, 5) is 0. The summed E-state index contributed by atoms with van der Waals surface area (Å²) in [5.74, 6) is 0.911. The van der Waals surface area contributed by atoms with Gasteiger partial charge in [-0.1, -0.05) is 26.2 Å². The van der Waals surface area contributed by atoms with E-state index in [4.69, 9.17) is 0 Å². The van der Waals surface area contributed by atoms with Crippen LogP contribution in [0.4, 0.5) is 0 Å². The third kappa shape index (κ3) is 3.19. The second kappa shape index (κ2) is 4.93. The Hall–Kier alpha value is 1.10. The molecule has 0 bridgehead atoms. The summed E-state index contributed by atoms with van der Waals surface area (Å²) in [7, 11) is 0. The molecule has 0 aromatic heterocycles. The Morgan fingerprint density at radius 3 is 2.38 bits per heavy atom. The maximum Gasteiger partial charge on any atom is 3.00 e. The molecule has 1 rings (SSSR count). The van der Waals surface area contributed by atoms with Gasteiger partial charge < -0.3 is 6.42 Å². The monoisotopic (exact) mass is 186 g/mol. The summed E-state index contributed by atoms with van der Waals surface area (Å²) < 4.78 is 0. The zero-order valence-corrected chi connectivity index (χ0v) is 8.40. The summed E-state index contributed by atoms with van der Waals surface area (Å²) in [6.45, 7) is 2.30. The topological polar surface area (TPSA) is 0 Å². The number of hydrogen-bond acceptors (Lipinski definition) is 0. The third-order valence-corrected chi connectivity index (χ3v) is 1.68. The minimum absolute atomic E-state index is 0. The fourth-order valence-electron chi connectivity index (χ4n) is 1.13. The molecular formula is C7H13Y+2. The van der Waals surface area contributed by atoms with Crippen LogP contribution in [0, 0.1) is 12.3 Å². The fraction of sp³-hybridized carbons (Fsp3) is 0.857. The van der Waals surface area contributed by atoms with Crippen molar-refractivity contribution in [1.29, 1.82) is 0 Å². The van der Waals surface area contributed by atoms with Crippen molar-refractivity contribution < 1.29 is 32.7 Å². The van der Waals surface area contributed by atoms with Crippen LogP contribution >= 0.6 is 0 Å². The summed E-state index contributed by atoms with van der Waals surface area (Å²) in [5.41, 5.74) is 0. The number of hydrogen-bond donors (Lipinski definition) is 0.